The number of hydrogen-bond acceptors (Lipinski definition) is 6. The highest BCUT2D eigenvalue weighted by molar-refractivity contribution is 5.85. The molecule has 45 heavy (non-hydrogen) atoms. The van der Waals surface area contributed by atoms with Crippen LogP contribution in [0.1, 0.15) is 31.2 Å². The van der Waals surface area contributed by atoms with E-state index in [9.17, 15) is 19.2 Å². The molecule has 2 atom stereocenters. The van der Waals surface area contributed by atoms with Gasteiger partial charge in [-0.25, -0.2) is 0 Å². The Bertz CT molecular complexity index is 1580. The van der Waals surface area contributed by atoms with Gasteiger partial charge in [0.15, 0.2) is 11.5 Å². The molecule has 2 aromatic carbocycles. The Labute approximate surface area is 263 Å². The summed E-state index contributed by atoms with van der Waals surface area (Å²) in [6.07, 6.45) is 3.16. The number of likely N-dealkylation sites (tertiary alicyclic amines) is 2. The second-order valence-corrected chi connectivity index (χ2v) is 12.2. The number of rotatable bonds is 4. The van der Waals surface area contributed by atoms with Crippen molar-refractivity contribution in [1.82, 2.24) is 24.6 Å². The van der Waals surface area contributed by atoms with Gasteiger partial charge in [0.1, 0.15) is 13.2 Å². The first-order chi connectivity index (χ1) is 21.8. The van der Waals surface area contributed by atoms with Gasteiger partial charge in [0.05, 0.1) is 19.6 Å². The van der Waals surface area contributed by atoms with Gasteiger partial charge in [-0.1, -0.05) is 24.3 Å². The minimum atomic E-state index is -0.455. The first kappa shape index (κ1) is 30.5. The number of para-hydroxylation sites is 1. The predicted octanol–water partition coefficient (Wildman–Crippen LogP) is 2.49. The lowest BCUT2D eigenvalue weighted by Gasteiger charge is -2.32. The Hall–Kier alpha value is -4.54. The van der Waals surface area contributed by atoms with Crippen molar-refractivity contribution in [3.8, 4) is 11.5 Å². The molecule has 11 nitrogen and oxygen atoms in total. The number of aromatic nitrogens is 1. The zero-order valence-corrected chi connectivity index (χ0v) is 25.9. The lowest BCUT2D eigenvalue weighted by molar-refractivity contribution is -0.139. The van der Waals surface area contributed by atoms with Crippen molar-refractivity contribution in [3.63, 3.8) is 0 Å². The van der Waals surface area contributed by atoms with E-state index in [1.54, 1.807) is 23.8 Å². The average molecular weight is 616 g/mol. The summed E-state index contributed by atoms with van der Waals surface area (Å²) in [6.45, 7) is 4.83. The molecule has 0 saturated carbocycles. The van der Waals surface area contributed by atoms with E-state index in [2.05, 4.69) is 5.32 Å². The normalized spacial score (nSPS) is 21.2. The third-order valence-corrected chi connectivity index (χ3v) is 9.51. The fraction of sp³-hybridized carbons (Fsp3) is 0.471. The molecule has 3 aliphatic rings. The number of methoxy groups -OCH3 is 1. The molecule has 0 spiro atoms. The molecule has 4 amide bonds. The van der Waals surface area contributed by atoms with Crippen molar-refractivity contribution < 1.29 is 28.7 Å². The van der Waals surface area contributed by atoms with Gasteiger partial charge in [0, 0.05) is 69.7 Å². The fourth-order valence-electron chi connectivity index (χ4n) is 6.92. The van der Waals surface area contributed by atoms with Crippen LogP contribution in [0.2, 0.25) is 0 Å². The molecule has 1 N–H and O–H groups in total. The number of benzene rings is 2. The fourth-order valence-corrected chi connectivity index (χ4v) is 6.92. The second-order valence-electron chi connectivity index (χ2n) is 12.2. The molecule has 1 aromatic heterocycles. The molecule has 2 saturated heterocycles. The molecule has 4 heterocycles. The van der Waals surface area contributed by atoms with Gasteiger partial charge in [-0.2, -0.15) is 0 Å². The van der Waals surface area contributed by atoms with Crippen LogP contribution in [-0.2, 0) is 25.7 Å². The van der Waals surface area contributed by atoms with Crippen LogP contribution >= 0.6 is 0 Å². The van der Waals surface area contributed by atoms with Gasteiger partial charge >= 0.3 is 0 Å². The van der Waals surface area contributed by atoms with Gasteiger partial charge in [-0.15, -0.1) is 0 Å². The van der Waals surface area contributed by atoms with Crippen LogP contribution in [0.25, 0.3) is 10.9 Å². The monoisotopic (exact) mass is 615 g/mol. The second kappa shape index (κ2) is 13.2. The Morgan fingerprint density at radius 1 is 0.933 bits per heavy atom. The van der Waals surface area contributed by atoms with E-state index in [-0.39, 0.29) is 48.6 Å². The number of hydrogen-bond donors (Lipinski definition) is 1. The Morgan fingerprint density at radius 2 is 1.71 bits per heavy atom. The van der Waals surface area contributed by atoms with Crippen molar-refractivity contribution in [3.05, 3.63) is 60.3 Å². The number of nitrogens with zero attached hydrogens (tertiary/aromatic N) is 4. The topological polar surface area (TPSA) is 113 Å². The number of amides is 4. The lowest BCUT2D eigenvalue weighted by Crippen LogP contribution is -2.44. The van der Waals surface area contributed by atoms with Gasteiger partial charge in [0.2, 0.25) is 23.6 Å². The molecule has 0 aliphatic carbocycles. The largest absolute Gasteiger partial charge is 0.493 e. The zero-order valence-electron chi connectivity index (χ0n) is 25.9. The Balaban J connectivity index is 1.20. The summed E-state index contributed by atoms with van der Waals surface area (Å²) in [5, 5.41) is 4.13. The summed E-state index contributed by atoms with van der Waals surface area (Å²) in [7, 11) is 1.58. The molecule has 238 valence electrons. The first-order valence-electron chi connectivity index (χ1n) is 15.8. The quantitative estimate of drug-likeness (QED) is 0.483. The number of carbonyl (C=O) groups excluding carboxylic acids is 4. The highest BCUT2D eigenvalue weighted by Gasteiger charge is 2.42. The van der Waals surface area contributed by atoms with Crippen molar-refractivity contribution in [2.75, 3.05) is 59.5 Å². The average Bonchev–Trinajstić information content (AvgIpc) is 3.68. The van der Waals surface area contributed by atoms with Gasteiger partial charge in [0.25, 0.3) is 0 Å². The van der Waals surface area contributed by atoms with Crippen LogP contribution in [0.15, 0.2) is 54.7 Å². The van der Waals surface area contributed by atoms with E-state index in [1.807, 2.05) is 64.2 Å². The smallest absolute Gasteiger partial charge is 0.242 e. The van der Waals surface area contributed by atoms with E-state index in [1.165, 1.54) is 0 Å². The van der Waals surface area contributed by atoms with Crippen molar-refractivity contribution in [1.29, 1.82) is 0 Å². The maximum absolute atomic E-state index is 13.7. The van der Waals surface area contributed by atoms with Crippen molar-refractivity contribution in [2.24, 2.45) is 11.8 Å². The summed E-state index contributed by atoms with van der Waals surface area (Å²) in [5.74, 6) is 0.123. The molecule has 2 bridgehead atoms. The molecule has 2 fully saturated rings. The molecule has 3 aromatic rings. The SMILES string of the molecule is COc1ccc2cc1OCCN(C(=O)Cn1ccc3ccccc31)CCNC(=O)[C@H]1CN(C(=O)C3CCN(C(C)=O)CC3)C[C@H]21. The summed E-state index contributed by atoms with van der Waals surface area (Å²) in [5.41, 5.74) is 1.89. The molecule has 0 unspecified atom stereocenters. The number of fused-ring (bicyclic) bond motifs is 5. The number of nitrogens with one attached hydrogen (secondary N) is 1. The van der Waals surface area contributed by atoms with E-state index < -0.39 is 5.92 Å². The third-order valence-electron chi connectivity index (χ3n) is 9.51. The van der Waals surface area contributed by atoms with Gasteiger partial charge < -0.3 is 34.1 Å². The highest BCUT2D eigenvalue weighted by atomic mass is 16.5. The third kappa shape index (κ3) is 6.48. The van der Waals surface area contributed by atoms with Crippen molar-refractivity contribution in [2.45, 2.75) is 32.2 Å². The molecule has 11 heteroatoms. The van der Waals surface area contributed by atoms with E-state index in [0.29, 0.717) is 70.2 Å². The van der Waals surface area contributed by atoms with Crippen molar-refractivity contribution >= 4 is 34.5 Å². The number of carbonyl (C=O) groups is 4. The van der Waals surface area contributed by atoms with Crippen LogP contribution in [0, 0.1) is 11.8 Å². The Morgan fingerprint density at radius 3 is 2.49 bits per heavy atom. The minimum Gasteiger partial charge on any atom is -0.493 e. The first-order valence-corrected chi connectivity index (χ1v) is 15.8. The van der Waals surface area contributed by atoms with Crippen LogP contribution in [-0.4, -0.2) is 102 Å². The lowest BCUT2D eigenvalue weighted by atomic mass is 9.88. The Kier molecular flexibility index (Phi) is 8.95. The highest BCUT2D eigenvalue weighted by Crippen LogP contribution is 2.39. The summed E-state index contributed by atoms with van der Waals surface area (Å²) < 4.78 is 13.7. The van der Waals surface area contributed by atoms with E-state index >= 15 is 0 Å². The van der Waals surface area contributed by atoms with E-state index in [0.717, 1.165) is 16.5 Å². The van der Waals surface area contributed by atoms with Crippen LogP contribution in [0.4, 0.5) is 0 Å². The predicted molar refractivity (Wildman–Crippen MR) is 168 cm³/mol. The summed E-state index contributed by atoms with van der Waals surface area (Å²) in [4.78, 5) is 58.0. The van der Waals surface area contributed by atoms with Gasteiger partial charge in [-0.05, 0) is 48.1 Å². The molecule has 0 radical (unpaired) electrons. The maximum Gasteiger partial charge on any atom is 0.242 e. The standard InChI is InChI=1S/C34H41N5O6/c1-23(40)36-13-10-25(11-14-36)34(43)39-20-27-26-7-8-30(44-2)31(19-26)45-18-17-37(16-12-35-33(42)28(27)21-39)32(41)22-38-15-9-24-5-3-4-6-29(24)38/h3-9,15,19,25,27-28H,10-14,16-18,20-22H2,1-2H3,(H,35,42)/t27-,28+/m1/s1. The minimum absolute atomic E-state index is 0.0306. The molecular formula is C34H41N5O6. The van der Waals surface area contributed by atoms with Gasteiger partial charge in [-0.3, -0.25) is 19.2 Å². The van der Waals surface area contributed by atoms with Crippen LogP contribution in [0.3, 0.4) is 0 Å². The van der Waals surface area contributed by atoms with E-state index in [4.69, 9.17) is 9.47 Å². The number of piperidine rings is 1. The maximum atomic E-state index is 13.7. The van der Waals surface area contributed by atoms with Crippen LogP contribution < -0.4 is 14.8 Å². The van der Waals surface area contributed by atoms with Crippen LogP contribution in [0.5, 0.6) is 11.5 Å². The zero-order chi connectivity index (χ0) is 31.5. The molecule has 6 rings (SSSR count). The number of ether oxygens (including phenoxy) is 2. The molecular weight excluding hydrogens is 574 g/mol. The summed E-state index contributed by atoms with van der Waals surface area (Å²) >= 11 is 0. The summed E-state index contributed by atoms with van der Waals surface area (Å²) in [6, 6.07) is 15.6. The molecule has 3 aliphatic heterocycles.